The van der Waals surface area contributed by atoms with Gasteiger partial charge < -0.3 is 9.64 Å². The summed E-state index contributed by atoms with van der Waals surface area (Å²) in [6.45, 7) is 2.79. The van der Waals surface area contributed by atoms with Crippen molar-refractivity contribution in [2.24, 2.45) is 0 Å². The molecule has 7 nitrogen and oxygen atoms in total. The van der Waals surface area contributed by atoms with E-state index in [1.54, 1.807) is 10.7 Å². The van der Waals surface area contributed by atoms with Crippen molar-refractivity contribution in [3.8, 4) is 0 Å². The van der Waals surface area contributed by atoms with Crippen molar-refractivity contribution in [1.29, 1.82) is 0 Å². The average molecular weight is 373 g/mol. The summed E-state index contributed by atoms with van der Waals surface area (Å²) in [6.07, 6.45) is 6.70. The van der Waals surface area contributed by atoms with Gasteiger partial charge in [0, 0.05) is 42.0 Å². The number of fused-ring (bicyclic) bond motifs is 1. The van der Waals surface area contributed by atoms with E-state index in [0.29, 0.717) is 25.7 Å². The molecule has 0 aromatic carbocycles. The van der Waals surface area contributed by atoms with Crippen LogP contribution in [0.25, 0.3) is 0 Å². The van der Waals surface area contributed by atoms with Crippen molar-refractivity contribution >= 4 is 16.7 Å². The zero-order chi connectivity index (χ0) is 17.5. The summed E-state index contributed by atoms with van der Waals surface area (Å²) in [5.41, 5.74) is 1.91. The lowest BCUT2D eigenvalue weighted by atomic mass is 9.85. The summed E-state index contributed by atoms with van der Waals surface area (Å²) in [4.78, 5) is 19.6. The van der Waals surface area contributed by atoms with Gasteiger partial charge in [-0.1, -0.05) is 6.42 Å². The van der Waals surface area contributed by atoms with Crippen LogP contribution in [0, 0.1) is 0 Å². The van der Waals surface area contributed by atoms with Gasteiger partial charge in [-0.3, -0.25) is 4.79 Å². The summed E-state index contributed by atoms with van der Waals surface area (Å²) < 4.78 is 11.7. The van der Waals surface area contributed by atoms with E-state index < -0.39 is 0 Å². The fraction of sp³-hybridized carbons (Fsp3) is 0.667. The van der Waals surface area contributed by atoms with Gasteiger partial charge in [-0.05, 0) is 25.7 Å². The van der Waals surface area contributed by atoms with Crippen LogP contribution in [0.5, 0.6) is 0 Å². The Morgan fingerprint density at radius 1 is 1.27 bits per heavy atom. The number of ether oxygens (including phenoxy) is 1. The third kappa shape index (κ3) is 2.95. The number of aromatic nitrogens is 4. The Morgan fingerprint density at radius 2 is 2.19 bits per heavy atom. The molecular formula is C18H23N5O2S. The van der Waals surface area contributed by atoms with Gasteiger partial charge in [0.1, 0.15) is 5.82 Å². The van der Waals surface area contributed by atoms with Gasteiger partial charge >= 0.3 is 0 Å². The molecule has 1 saturated heterocycles. The fourth-order valence-electron chi connectivity index (χ4n) is 4.04. The molecule has 1 atom stereocenters. The molecule has 3 aliphatic rings. The Hall–Kier alpha value is -1.80. The van der Waals surface area contributed by atoms with Gasteiger partial charge in [-0.25, -0.2) is 9.67 Å². The minimum atomic E-state index is -0.0338. The second-order valence-corrected chi connectivity index (χ2v) is 8.22. The van der Waals surface area contributed by atoms with Crippen molar-refractivity contribution in [3.63, 3.8) is 0 Å². The highest BCUT2D eigenvalue weighted by atomic mass is 32.1. The van der Waals surface area contributed by atoms with E-state index in [1.807, 2.05) is 0 Å². The van der Waals surface area contributed by atoms with Crippen LogP contribution in [0.3, 0.4) is 0 Å². The molecule has 0 bridgehead atoms. The van der Waals surface area contributed by atoms with Gasteiger partial charge in [-0.15, -0.1) is 0 Å². The standard InChI is InChI=1S/C18H23N5O2S/c24-16-9-13-11-25-8-6-15(13)20-23(16)10-14-5-2-7-22(14)18-19-17(21-26-18)12-3-1-4-12/h9,12,14H,1-8,10-11H2. The van der Waals surface area contributed by atoms with Crippen molar-refractivity contribution < 1.29 is 4.74 Å². The number of nitrogens with zero attached hydrogens (tertiary/aromatic N) is 5. The summed E-state index contributed by atoms with van der Waals surface area (Å²) in [7, 11) is 0. The van der Waals surface area contributed by atoms with Crippen LogP contribution >= 0.6 is 11.5 Å². The Morgan fingerprint density at radius 3 is 3.04 bits per heavy atom. The predicted octanol–water partition coefficient (Wildman–Crippen LogP) is 2.10. The van der Waals surface area contributed by atoms with Gasteiger partial charge in [0.15, 0.2) is 0 Å². The minimum Gasteiger partial charge on any atom is -0.376 e. The Bertz CT molecular complexity index is 860. The van der Waals surface area contributed by atoms with Crippen LogP contribution in [0.1, 0.15) is 55.1 Å². The molecule has 5 rings (SSSR count). The monoisotopic (exact) mass is 373 g/mol. The maximum atomic E-state index is 12.5. The third-order valence-electron chi connectivity index (χ3n) is 5.81. The topological polar surface area (TPSA) is 73.1 Å². The van der Waals surface area contributed by atoms with Crippen LogP contribution in [-0.2, 0) is 24.3 Å². The van der Waals surface area contributed by atoms with Crippen molar-refractivity contribution in [2.75, 3.05) is 18.1 Å². The van der Waals surface area contributed by atoms with Crippen LogP contribution in [0.15, 0.2) is 10.9 Å². The quantitative estimate of drug-likeness (QED) is 0.817. The van der Waals surface area contributed by atoms with E-state index in [2.05, 4.69) is 14.4 Å². The van der Waals surface area contributed by atoms with Gasteiger partial charge in [0.2, 0.25) is 5.13 Å². The van der Waals surface area contributed by atoms with E-state index in [0.717, 1.165) is 48.0 Å². The second-order valence-electron chi connectivity index (χ2n) is 7.49. The normalized spacial score (nSPS) is 23.1. The summed E-state index contributed by atoms with van der Waals surface area (Å²) in [6, 6.07) is 1.96. The first-order chi connectivity index (χ1) is 12.8. The number of hydrogen-bond donors (Lipinski definition) is 0. The molecule has 2 fully saturated rings. The second kappa shape index (κ2) is 6.74. The predicted molar refractivity (Wildman–Crippen MR) is 98.7 cm³/mol. The van der Waals surface area contributed by atoms with E-state index in [4.69, 9.17) is 9.72 Å². The van der Waals surface area contributed by atoms with Gasteiger partial charge in [0.25, 0.3) is 5.56 Å². The van der Waals surface area contributed by atoms with E-state index >= 15 is 0 Å². The summed E-state index contributed by atoms with van der Waals surface area (Å²) in [5, 5.41) is 5.63. The van der Waals surface area contributed by atoms with Gasteiger partial charge in [0.05, 0.1) is 31.5 Å². The highest BCUT2D eigenvalue weighted by Crippen LogP contribution is 2.37. The molecule has 0 amide bonds. The highest BCUT2D eigenvalue weighted by molar-refractivity contribution is 7.09. The van der Waals surface area contributed by atoms with Crippen LogP contribution in [-0.4, -0.2) is 38.3 Å². The molecule has 0 radical (unpaired) electrons. The molecular weight excluding hydrogens is 350 g/mol. The Kier molecular flexibility index (Phi) is 4.24. The molecule has 2 aromatic rings. The molecule has 8 heteroatoms. The van der Waals surface area contributed by atoms with E-state index in [9.17, 15) is 4.79 Å². The SMILES string of the molecule is O=c1cc2c(nn1CC1CCCN1c1nc(C3CCC3)ns1)CCOC2. The lowest BCUT2D eigenvalue weighted by Gasteiger charge is -2.25. The molecule has 2 aliphatic heterocycles. The smallest absolute Gasteiger partial charge is 0.267 e. The Balaban J connectivity index is 1.36. The highest BCUT2D eigenvalue weighted by Gasteiger charge is 2.30. The number of rotatable bonds is 4. The summed E-state index contributed by atoms with van der Waals surface area (Å²) in [5.74, 6) is 1.58. The van der Waals surface area contributed by atoms with Crippen molar-refractivity contribution in [3.05, 3.63) is 33.5 Å². The molecule has 1 aliphatic carbocycles. The molecule has 26 heavy (non-hydrogen) atoms. The maximum Gasteiger partial charge on any atom is 0.267 e. The first-order valence-electron chi connectivity index (χ1n) is 9.56. The zero-order valence-electron chi connectivity index (χ0n) is 14.8. The van der Waals surface area contributed by atoms with Gasteiger partial charge in [-0.2, -0.15) is 9.47 Å². The number of anilines is 1. The van der Waals surface area contributed by atoms with Crippen molar-refractivity contribution in [2.45, 2.75) is 63.6 Å². The maximum absolute atomic E-state index is 12.5. The number of hydrogen-bond acceptors (Lipinski definition) is 7. The molecule has 2 aromatic heterocycles. The van der Waals surface area contributed by atoms with E-state index in [-0.39, 0.29) is 11.6 Å². The molecule has 138 valence electrons. The lowest BCUT2D eigenvalue weighted by Crippen LogP contribution is -2.38. The molecule has 1 saturated carbocycles. The lowest BCUT2D eigenvalue weighted by molar-refractivity contribution is 0.108. The largest absolute Gasteiger partial charge is 0.376 e. The minimum absolute atomic E-state index is 0.0338. The summed E-state index contributed by atoms with van der Waals surface area (Å²) >= 11 is 1.51. The first-order valence-corrected chi connectivity index (χ1v) is 10.3. The fourth-order valence-corrected chi connectivity index (χ4v) is 4.88. The van der Waals surface area contributed by atoms with E-state index in [1.165, 1.54) is 30.8 Å². The van der Waals surface area contributed by atoms with Crippen molar-refractivity contribution in [1.82, 2.24) is 19.1 Å². The molecule has 4 heterocycles. The Labute approximate surface area is 156 Å². The van der Waals surface area contributed by atoms with Crippen LogP contribution in [0.2, 0.25) is 0 Å². The average Bonchev–Trinajstić information content (AvgIpc) is 3.23. The first kappa shape index (κ1) is 16.4. The third-order valence-corrected chi connectivity index (χ3v) is 6.58. The van der Waals surface area contributed by atoms with Crippen LogP contribution in [0.4, 0.5) is 5.13 Å². The molecule has 0 spiro atoms. The van der Waals surface area contributed by atoms with Crippen LogP contribution < -0.4 is 10.5 Å². The molecule has 0 N–H and O–H groups in total. The zero-order valence-corrected chi connectivity index (χ0v) is 15.6. The molecule has 1 unspecified atom stereocenters.